The van der Waals surface area contributed by atoms with Gasteiger partial charge in [0.05, 0.1) is 6.20 Å². The Hall–Kier alpha value is -1.36. The molecular formula is C8H11N3O2. The highest BCUT2D eigenvalue weighted by molar-refractivity contribution is 5.91. The number of hydrogen-bond donors (Lipinski definition) is 1. The molecule has 1 aliphatic rings. The zero-order valence-corrected chi connectivity index (χ0v) is 7.14. The Bertz CT molecular complexity index is 296. The third kappa shape index (κ3) is 1.55. The molecule has 13 heavy (non-hydrogen) atoms. The van der Waals surface area contributed by atoms with E-state index in [1.165, 1.54) is 12.6 Å². The number of nitrogens with two attached hydrogens (primary N) is 1. The first-order valence-corrected chi connectivity index (χ1v) is 4.20. The highest BCUT2D eigenvalue weighted by Gasteiger charge is 2.25. The van der Waals surface area contributed by atoms with Crippen LogP contribution in [0.5, 0.6) is 0 Å². The lowest BCUT2D eigenvalue weighted by Gasteiger charge is -2.12. The monoisotopic (exact) mass is 181 g/mol. The van der Waals surface area contributed by atoms with E-state index in [9.17, 15) is 4.79 Å². The van der Waals surface area contributed by atoms with Crippen LogP contribution in [0.1, 0.15) is 17.0 Å². The van der Waals surface area contributed by atoms with E-state index in [0.29, 0.717) is 13.1 Å². The summed E-state index contributed by atoms with van der Waals surface area (Å²) in [5.74, 6) is 0.166. The van der Waals surface area contributed by atoms with Crippen LogP contribution in [-0.4, -0.2) is 34.9 Å². The van der Waals surface area contributed by atoms with Crippen LogP contribution >= 0.6 is 0 Å². The van der Waals surface area contributed by atoms with Gasteiger partial charge in [0.1, 0.15) is 0 Å². The first-order chi connectivity index (χ1) is 6.27. The van der Waals surface area contributed by atoms with E-state index in [1.54, 1.807) is 4.90 Å². The van der Waals surface area contributed by atoms with Crippen molar-refractivity contribution in [2.75, 3.05) is 13.1 Å². The Morgan fingerprint density at radius 2 is 2.62 bits per heavy atom. The van der Waals surface area contributed by atoms with Gasteiger partial charge in [-0.2, -0.15) is 0 Å². The number of oxazole rings is 1. The topological polar surface area (TPSA) is 72.4 Å². The Morgan fingerprint density at radius 3 is 3.15 bits per heavy atom. The van der Waals surface area contributed by atoms with Crippen molar-refractivity contribution >= 4 is 5.91 Å². The van der Waals surface area contributed by atoms with Gasteiger partial charge in [-0.15, -0.1) is 0 Å². The molecule has 0 bridgehead atoms. The summed E-state index contributed by atoms with van der Waals surface area (Å²) in [6.45, 7) is 1.32. The molecule has 2 rings (SSSR count). The van der Waals surface area contributed by atoms with Crippen molar-refractivity contribution in [2.24, 2.45) is 5.73 Å². The van der Waals surface area contributed by atoms with Crippen molar-refractivity contribution in [3.05, 3.63) is 18.4 Å². The van der Waals surface area contributed by atoms with Gasteiger partial charge in [-0.3, -0.25) is 4.79 Å². The predicted molar refractivity (Wildman–Crippen MR) is 45.0 cm³/mol. The molecule has 1 fully saturated rings. The molecule has 1 atom stereocenters. The second-order valence-electron chi connectivity index (χ2n) is 3.17. The van der Waals surface area contributed by atoms with Crippen LogP contribution in [0.25, 0.3) is 0 Å². The molecular weight excluding hydrogens is 170 g/mol. The molecule has 2 heterocycles. The molecule has 1 aliphatic heterocycles. The summed E-state index contributed by atoms with van der Waals surface area (Å²) in [7, 11) is 0. The Balaban J connectivity index is 2.06. The van der Waals surface area contributed by atoms with Crippen LogP contribution in [0.15, 0.2) is 17.0 Å². The quantitative estimate of drug-likeness (QED) is 0.653. The van der Waals surface area contributed by atoms with E-state index < -0.39 is 0 Å². The number of aromatic nitrogens is 1. The summed E-state index contributed by atoms with van der Waals surface area (Å²) in [6.07, 6.45) is 3.54. The van der Waals surface area contributed by atoms with Gasteiger partial charge in [-0.1, -0.05) is 0 Å². The maximum atomic E-state index is 11.6. The first-order valence-electron chi connectivity index (χ1n) is 4.20. The Morgan fingerprint density at radius 1 is 1.77 bits per heavy atom. The molecule has 5 nitrogen and oxygen atoms in total. The summed E-state index contributed by atoms with van der Waals surface area (Å²) in [5, 5.41) is 0. The molecule has 2 N–H and O–H groups in total. The summed E-state index contributed by atoms with van der Waals surface area (Å²) >= 11 is 0. The lowest BCUT2D eigenvalue weighted by molar-refractivity contribution is 0.0759. The van der Waals surface area contributed by atoms with Crippen molar-refractivity contribution in [3.8, 4) is 0 Å². The van der Waals surface area contributed by atoms with E-state index >= 15 is 0 Å². The fourth-order valence-electron chi connectivity index (χ4n) is 1.45. The molecule has 1 unspecified atom stereocenters. The van der Waals surface area contributed by atoms with Gasteiger partial charge in [0.2, 0.25) is 5.76 Å². The van der Waals surface area contributed by atoms with Gasteiger partial charge >= 0.3 is 0 Å². The number of nitrogens with zero attached hydrogens (tertiary/aromatic N) is 2. The number of carbonyl (C=O) groups excluding carboxylic acids is 1. The van der Waals surface area contributed by atoms with Gasteiger partial charge < -0.3 is 15.1 Å². The molecule has 0 radical (unpaired) electrons. The summed E-state index contributed by atoms with van der Waals surface area (Å²) in [4.78, 5) is 17.0. The summed E-state index contributed by atoms with van der Waals surface area (Å²) < 4.78 is 4.90. The molecule has 0 aliphatic carbocycles. The molecule has 1 saturated heterocycles. The number of hydrogen-bond acceptors (Lipinski definition) is 4. The minimum Gasteiger partial charge on any atom is -0.438 e. The second-order valence-corrected chi connectivity index (χ2v) is 3.17. The smallest absolute Gasteiger partial charge is 0.291 e. The minimum absolute atomic E-state index is 0.104. The van der Waals surface area contributed by atoms with Crippen molar-refractivity contribution < 1.29 is 9.21 Å². The van der Waals surface area contributed by atoms with Gasteiger partial charge in [0, 0.05) is 19.1 Å². The normalized spacial score (nSPS) is 22.2. The molecule has 1 aromatic rings. The average molecular weight is 181 g/mol. The van der Waals surface area contributed by atoms with E-state index in [0.717, 1.165) is 6.42 Å². The number of carbonyl (C=O) groups is 1. The van der Waals surface area contributed by atoms with Crippen molar-refractivity contribution in [1.82, 2.24) is 9.88 Å². The zero-order chi connectivity index (χ0) is 9.26. The molecule has 70 valence electrons. The third-order valence-electron chi connectivity index (χ3n) is 2.16. The third-order valence-corrected chi connectivity index (χ3v) is 2.16. The van der Waals surface area contributed by atoms with Gasteiger partial charge in [0.25, 0.3) is 5.91 Å². The first kappa shape index (κ1) is 8.25. The fraction of sp³-hybridized carbons (Fsp3) is 0.500. The highest BCUT2D eigenvalue weighted by Crippen LogP contribution is 2.11. The Labute approximate surface area is 75.5 Å². The predicted octanol–water partition coefficient (Wildman–Crippen LogP) is -0.152. The minimum atomic E-state index is -0.120. The molecule has 0 aromatic carbocycles. The van der Waals surface area contributed by atoms with Crippen LogP contribution in [0.2, 0.25) is 0 Å². The Kier molecular flexibility index (Phi) is 2.02. The van der Waals surface area contributed by atoms with Crippen LogP contribution in [0.3, 0.4) is 0 Å². The maximum Gasteiger partial charge on any atom is 0.291 e. The largest absolute Gasteiger partial charge is 0.438 e. The van der Waals surface area contributed by atoms with Crippen molar-refractivity contribution in [3.63, 3.8) is 0 Å². The number of amides is 1. The average Bonchev–Trinajstić information content (AvgIpc) is 2.72. The molecule has 1 amide bonds. The number of likely N-dealkylation sites (tertiary alicyclic amines) is 1. The van der Waals surface area contributed by atoms with Crippen LogP contribution in [-0.2, 0) is 0 Å². The maximum absolute atomic E-state index is 11.6. The second kappa shape index (κ2) is 3.18. The fourth-order valence-corrected chi connectivity index (χ4v) is 1.45. The van der Waals surface area contributed by atoms with Crippen molar-refractivity contribution in [1.29, 1.82) is 0 Å². The molecule has 0 spiro atoms. The van der Waals surface area contributed by atoms with Crippen LogP contribution in [0.4, 0.5) is 0 Å². The summed E-state index contributed by atoms with van der Waals surface area (Å²) in [6, 6.07) is 0.104. The molecule has 1 aromatic heterocycles. The van der Waals surface area contributed by atoms with Gasteiger partial charge in [0.15, 0.2) is 6.39 Å². The van der Waals surface area contributed by atoms with Crippen LogP contribution < -0.4 is 5.73 Å². The van der Waals surface area contributed by atoms with E-state index in [-0.39, 0.29) is 17.7 Å². The number of rotatable bonds is 1. The van der Waals surface area contributed by atoms with Gasteiger partial charge in [-0.25, -0.2) is 4.98 Å². The lowest BCUT2D eigenvalue weighted by atomic mass is 10.3. The van der Waals surface area contributed by atoms with E-state index in [2.05, 4.69) is 4.98 Å². The SMILES string of the molecule is NC1CCN(C(=O)c2cnco2)C1. The zero-order valence-electron chi connectivity index (χ0n) is 7.14. The highest BCUT2D eigenvalue weighted by atomic mass is 16.3. The molecule has 5 heteroatoms. The lowest BCUT2D eigenvalue weighted by Crippen LogP contribution is -2.31. The van der Waals surface area contributed by atoms with Crippen molar-refractivity contribution in [2.45, 2.75) is 12.5 Å². The van der Waals surface area contributed by atoms with E-state index in [4.69, 9.17) is 10.2 Å². The van der Waals surface area contributed by atoms with E-state index in [1.807, 2.05) is 0 Å². The van der Waals surface area contributed by atoms with Gasteiger partial charge in [-0.05, 0) is 6.42 Å². The standard InChI is InChI=1S/C8H11N3O2/c9-6-1-2-11(4-6)8(12)7-3-10-5-13-7/h3,5-6H,1-2,4,9H2. The molecule has 0 saturated carbocycles. The summed E-state index contributed by atoms with van der Waals surface area (Å²) in [5.41, 5.74) is 5.68. The van der Waals surface area contributed by atoms with Crippen LogP contribution in [0, 0.1) is 0 Å².